The fourth-order valence-electron chi connectivity index (χ4n) is 2.44. The van der Waals surface area contributed by atoms with Gasteiger partial charge in [0.25, 0.3) is 0 Å². The van der Waals surface area contributed by atoms with Crippen molar-refractivity contribution in [1.82, 2.24) is 0 Å². The molecule has 0 amide bonds. The number of hydrogen-bond acceptors (Lipinski definition) is 3. The second-order valence-electron chi connectivity index (χ2n) is 5.44. The fraction of sp³-hybridized carbons (Fsp3) is 0.625. The Labute approximate surface area is 129 Å². The maximum absolute atomic E-state index is 12.5. The highest BCUT2D eigenvalue weighted by atomic mass is 32.2. The van der Waals surface area contributed by atoms with Gasteiger partial charge in [0.1, 0.15) is 0 Å². The molecule has 0 heterocycles. The van der Waals surface area contributed by atoms with Crippen molar-refractivity contribution in [3.63, 3.8) is 0 Å². The zero-order chi connectivity index (χ0) is 15.7. The van der Waals surface area contributed by atoms with Crippen LogP contribution in [0.2, 0.25) is 0 Å². The van der Waals surface area contributed by atoms with Crippen molar-refractivity contribution < 1.29 is 8.42 Å². The average Bonchev–Trinajstić information content (AvgIpc) is 2.45. The minimum absolute atomic E-state index is 0.305. The van der Waals surface area contributed by atoms with Gasteiger partial charge in [-0.2, -0.15) is 0 Å². The second-order valence-corrected chi connectivity index (χ2v) is 7.40. The van der Waals surface area contributed by atoms with Crippen molar-refractivity contribution in [2.75, 3.05) is 11.3 Å². The summed E-state index contributed by atoms with van der Waals surface area (Å²) in [6.45, 7) is 4.68. The number of aryl methyl sites for hydroxylation is 1. The van der Waals surface area contributed by atoms with Crippen molar-refractivity contribution in [1.29, 1.82) is 0 Å². The highest BCUT2D eigenvalue weighted by Gasteiger charge is 2.23. The molecule has 120 valence electrons. The summed E-state index contributed by atoms with van der Waals surface area (Å²) in [6, 6.07) is 7.60. The number of sulfonamides is 1. The van der Waals surface area contributed by atoms with Crippen molar-refractivity contribution >= 4 is 15.7 Å². The van der Waals surface area contributed by atoms with E-state index >= 15 is 0 Å². The lowest BCUT2D eigenvalue weighted by molar-refractivity contribution is 0.560. The number of nitrogens with two attached hydrogens (primary N) is 1. The van der Waals surface area contributed by atoms with Crippen LogP contribution in [0.15, 0.2) is 24.3 Å². The first-order valence-electron chi connectivity index (χ1n) is 7.84. The Morgan fingerprint density at radius 2 is 1.86 bits per heavy atom. The van der Waals surface area contributed by atoms with Gasteiger partial charge in [-0.05, 0) is 49.9 Å². The number of nitrogens with one attached hydrogen (secondary N) is 1. The summed E-state index contributed by atoms with van der Waals surface area (Å²) in [4.78, 5) is 0. The molecule has 0 aliphatic carbocycles. The summed E-state index contributed by atoms with van der Waals surface area (Å²) in [7, 11) is -3.31. The molecule has 1 rings (SSSR count). The van der Waals surface area contributed by atoms with Gasteiger partial charge in [-0.15, -0.1) is 0 Å². The number of hydrogen-bond donors (Lipinski definition) is 2. The van der Waals surface area contributed by atoms with E-state index in [0.717, 1.165) is 31.2 Å². The van der Waals surface area contributed by atoms with Gasteiger partial charge in [0.15, 0.2) is 0 Å². The molecular weight excluding hydrogens is 284 g/mol. The Morgan fingerprint density at radius 1 is 1.19 bits per heavy atom. The SMILES string of the molecule is CCCC(CCC)S(=O)(=O)Nc1cccc(CCCN)c1. The smallest absolute Gasteiger partial charge is 0.235 e. The molecule has 0 aliphatic heterocycles. The fourth-order valence-corrected chi connectivity index (χ4v) is 4.16. The summed E-state index contributed by atoms with van der Waals surface area (Å²) in [5.41, 5.74) is 7.28. The van der Waals surface area contributed by atoms with Crippen LogP contribution >= 0.6 is 0 Å². The first-order chi connectivity index (χ1) is 10.0. The minimum atomic E-state index is -3.31. The van der Waals surface area contributed by atoms with E-state index in [4.69, 9.17) is 5.73 Å². The van der Waals surface area contributed by atoms with Gasteiger partial charge < -0.3 is 5.73 Å². The Bertz CT molecular complexity index is 509. The van der Waals surface area contributed by atoms with E-state index in [-0.39, 0.29) is 5.25 Å². The third kappa shape index (κ3) is 6.06. The first kappa shape index (κ1) is 18.0. The first-order valence-corrected chi connectivity index (χ1v) is 9.38. The van der Waals surface area contributed by atoms with Gasteiger partial charge in [-0.3, -0.25) is 4.72 Å². The van der Waals surface area contributed by atoms with E-state index < -0.39 is 10.0 Å². The predicted octanol–water partition coefficient (Wildman–Crippen LogP) is 3.29. The maximum atomic E-state index is 12.5. The average molecular weight is 312 g/mol. The molecule has 21 heavy (non-hydrogen) atoms. The van der Waals surface area contributed by atoms with Crippen molar-refractivity contribution in [2.24, 2.45) is 5.73 Å². The van der Waals surface area contributed by atoms with E-state index in [2.05, 4.69) is 4.72 Å². The van der Waals surface area contributed by atoms with Crippen LogP contribution in [0.5, 0.6) is 0 Å². The van der Waals surface area contributed by atoms with Gasteiger partial charge in [0.2, 0.25) is 10.0 Å². The molecule has 4 nitrogen and oxygen atoms in total. The standard InChI is InChI=1S/C16H28N2O2S/c1-3-7-16(8-4-2)21(19,20)18-15-11-5-9-14(13-15)10-6-12-17/h5,9,11,13,16,18H,3-4,6-8,10,12,17H2,1-2H3. The van der Waals surface area contributed by atoms with E-state index in [1.807, 2.05) is 32.0 Å². The molecule has 0 unspecified atom stereocenters. The quantitative estimate of drug-likeness (QED) is 0.696. The van der Waals surface area contributed by atoms with Gasteiger partial charge in [0, 0.05) is 5.69 Å². The molecular formula is C16H28N2O2S. The summed E-state index contributed by atoms with van der Waals surface area (Å²) in [5.74, 6) is 0. The highest BCUT2D eigenvalue weighted by Crippen LogP contribution is 2.20. The molecule has 0 spiro atoms. The Hall–Kier alpha value is -1.07. The molecule has 0 aromatic heterocycles. The lowest BCUT2D eigenvalue weighted by Gasteiger charge is -2.18. The molecule has 0 saturated heterocycles. The summed E-state index contributed by atoms with van der Waals surface area (Å²) in [6.07, 6.45) is 4.94. The van der Waals surface area contributed by atoms with Crippen LogP contribution in [0.25, 0.3) is 0 Å². The van der Waals surface area contributed by atoms with E-state index in [9.17, 15) is 8.42 Å². The zero-order valence-corrected chi connectivity index (χ0v) is 14.0. The van der Waals surface area contributed by atoms with Crippen LogP contribution in [-0.4, -0.2) is 20.2 Å². The van der Waals surface area contributed by atoms with E-state index in [1.165, 1.54) is 0 Å². The minimum Gasteiger partial charge on any atom is -0.330 e. The lowest BCUT2D eigenvalue weighted by atomic mass is 10.1. The molecule has 0 radical (unpaired) electrons. The monoisotopic (exact) mass is 312 g/mol. The number of rotatable bonds is 10. The van der Waals surface area contributed by atoms with Crippen LogP contribution in [0.4, 0.5) is 5.69 Å². The number of benzene rings is 1. The molecule has 0 atom stereocenters. The molecule has 0 saturated carbocycles. The summed E-state index contributed by atoms with van der Waals surface area (Å²) in [5, 5.41) is -0.305. The third-order valence-corrected chi connectivity index (χ3v) is 5.39. The van der Waals surface area contributed by atoms with Crippen LogP contribution in [-0.2, 0) is 16.4 Å². The van der Waals surface area contributed by atoms with Crippen molar-refractivity contribution in [2.45, 2.75) is 57.6 Å². The van der Waals surface area contributed by atoms with Crippen LogP contribution < -0.4 is 10.5 Å². The summed E-state index contributed by atoms with van der Waals surface area (Å²) < 4.78 is 27.7. The van der Waals surface area contributed by atoms with Gasteiger partial charge in [-0.25, -0.2) is 8.42 Å². The molecule has 3 N–H and O–H groups in total. The third-order valence-electron chi connectivity index (χ3n) is 3.52. The Balaban J connectivity index is 2.82. The van der Waals surface area contributed by atoms with E-state index in [0.29, 0.717) is 25.1 Å². The topological polar surface area (TPSA) is 72.2 Å². The molecule has 1 aromatic rings. The van der Waals surface area contributed by atoms with E-state index in [1.54, 1.807) is 6.07 Å². The van der Waals surface area contributed by atoms with Gasteiger partial charge >= 0.3 is 0 Å². The highest BCUT2D eigenvalue weighted by molar-refractivity contribution is 7.93. The molecule has 0 aliphatic rings. The molecule has 0 bridgehead atoms. The second kappa shape index (κ2) is 9.05. The van der Waals surface area contributed by atoms with Crippen LogP contribution in [0.3, 0.4) is 0 Å². The van der Waals surface area contributed by atoms with Crippen molar-refractivity contribution in [3.05, 3.63) is 29.8 Å². The Kier molecular flexibility index (Phi) is 7.75. The van der Waals surface area contributed by atoms with Gasteiger partial charge in [0.05, 0.1) is 5.25 Å². The van der Waals surface area contributed by atoms with Gasteiger partial charge in [-0.1, -0.05) is 38.8 Å². The van der Waals surface area contributed by atoms with Crippen LogP contribution in [0.1, 0.15) is 51.5 Å². The number of anilines is 1. The maximum Gasteiger partial charge on any atom is 0.235 e. The normalized spacial score (nSPS) is 11.8. The molecule has 0 fully saturated rings. The lowest BCUT2D eigenvalue weighted by Crippen LogP contribution is -2.27. The van der Waals surface area contributed by atoms with Crippen molar-refractivity contribution in [3.8, 4) is 0 Å². The zero-order valence-electron chi connectivity index (χ0n) is 13.1. The molecule has 1 aromatic carbocycles. The predicted molar refractivity (Wildman–Crippen MR) is 90.0 cm³/mol. The van der Waals surface area contributed by atoms with Crippen LogP contribution in [0, 0.1) is 0 Å². The molecule has 5 heteroatoms. The Morgan fingerprint density at radius 3 is 2.43 bits per heavy atom. The largest absolute Gasteiger partial charge is 0.330 e. The summed E-state index contributed by atoms with van der Waals surface area (Å²) >= 11 is 0.